The molecule has 6 aromatic carbocycles. The maximum atomic E-state index is 2.49. The van der Waals surface area contributed by atoms with Gasteiger partial charge in [0.15, 0.2) is 0 Å². The van der Waals surface area contributed by atoms with Crippen molar-refractivity contribution in [1.82, 2.24) is 0 Å². The van der Waals surface area contributed by atoms with E-state index in [-0.39, 0.29) is 24.8 Å². The summed E-state index contributed by atoms with van der Waals surface area (Å²) in [7, 11) is 0. The molecule has 2 unspecified atom stereocenters. The summed E-state index contributed by atoms with van der Waals surface area (Å²) < 4.78 is 2.39. The zero-order valence-corrected chi connectivity index (χ0v) is 30.1. The summed E-state index contributed by atoms with van der Waals surface area (Å²) in [4.78, 5) is 0. The van der Waals surface area contributed by atoms with Crippen LogP contribution in [0.25, 0.3) is 34.4 Å². The fourth-order valence-electron chi connectivity index (χ4n) is 7.68. The van der Waals surface area contributed by atoms with Crippen molar-refractivity contribution in [2.24, 2.45) is 0 Å². The van der Waals surface area contributed by atoms with Crippen LogP contribution >= 0.6 is 0 Å². The molecule has 0 saturated carbocycles. The van der Waals surface area contributed by atoms with E-state index in [0.717, 1.165) is 0 Å². The van der Waals surface area contributed by atoms with Crippen molar-refractivity contribution < 1.29 is 42.2 Å². The standard InChI is InChI=1S/2C16H13.C13H10.2ClH.Ti/c2*1-12-9-14-7-8-15(11-16(14)10-12)13-5-3-2-4-6-13;1-3-7-12(8-4-1)11-13-9-5-2-6-10-13;;;/h2*2-11H,1H3;1-10H;2*1H;/q;;;;;+2/p-2. The fraction of sp³-hybridized carbons (Fsp3) is 0.0889. The van der Waals surface area contributed by atoms with Gasteiger partial charge < -0.3 is 24.8 Å². The van der Waals surface area contributed by atoms with Crippen LogP contribution in [0.5, 0.6) is 0 Å². The molecule has 0 fully saturated rings. The van der Waals surface area contributed by atoms with E-state index in [9.17, 15) is 0 Å². The third-order valence-electron chi connectivity index (χ3n) is 9.72. The number of hydrogen-bond acceptors (Lipinski definition) is 0. The topological polar surface area (TPSA) is 0 Å². The first-order chi connectivity index (χ1) is 22.7. The van der Waals surface area contributed by atoms with Crippen LogP contribution < -0.4 is 24.8 Å². The van der Waals surface area contributed by atoms with E-state index >= 15 is 0 Å². The van der Waals surface area contributed by atoms with Crippen LogP contribution in [0.2, 0.25) is 0 Å². The van der Waals surface area contributed by atoms with Gasteiger partial charge in [-0.25, -0.2) is 0 Å². The molecular weight excluding hydrogens is 659 g/mol. The first-order valence-electron chi connectivity index (χ1n) is 16.3. The van der Waals surface area contributed by atoms with E-state index in [0.29, 0.717) is 8.45 Å². The Morgan fingerprint density at radius 2 is 0.771 bits per heavy atom. The van der Waals surface area contributed by atoms with Crippen LogP contribution in [-0.2, 0) is 17.4 Å². The zero-order valence-electron chi connectivity index (χ0n) is 27.1. The third kappa shape index (κ3) is 6.27. The quantitative estimate of drug-likeness (QED) is 0.201. The summed E-state index contributed by atoms with van der Waals surface area (Å²) in [5.74, 6) is 0. The van der Waals surface area contributed by atoms with Crippen LogP contribution in [0, 0.1) is 0 Å². The Morgan fingerprint density at radius 3 is 1.15 bits per heavy atom. The SMILES string of the molecule is CC1=Cc2cc(-c3ccccc3)ccc2[CH]1[Ti+2](=[C](c1ccccc1)c1ccccc1)[CH]1C(C)=Cc2cc(-c3ccccc3)ccc21.[Cl-].[Cl-]. The largest absolute Gasteiger partial charge is 1.00 e. The predicted molar refractivity (Wildman–Crippen MR) is 193 cm³/mol. The molecule has 6 aromatic rings. The molecule has 3 heteroatoms. The number of allylic oxidation sites excluding steroid dienone is 2. The van der Waals surface area contributed by atoms with Crippen molar-refractivity contribution in [2.45, 2.75) is 22.3 Å². The van der Waals surface area contributed by atoms with Crippen molar-refractivity contribution in [1.29, 1.82) is 0 Å². The van der Waals surface area contributed by atoms with Crippen molar-refractivity contribution in [3.8, 4) is 22.3 Å². The van der Waals surface area contributed by atoms with Gasteiger partial charge >= 0.3 is 280 Å². The fourth-order valence-corrected chi connectivity index (χ4v) is 14.3. The summed E-state index contributed by atoms with van der Waals surface area (Å²) in [5.41, 5.74) is 16.6. The van der Waals surface area contributed by atoms with E-state index in [1.54, 1.807) is 3.81 Å². The van der Waals surface area contributed by atoms with Crippen molar-refractivity contribution in [3.05, 3.63) is 202 Å². The Bertz CT molecular complexity index is 1990. The van der Waals surface area contributed by atoms with Crippen LogP contribution in [0.3, 0.4) is 0 Å². The van der Waals surface area contributed by atoms with Crippen LogP contribution in [0.4, 0.5) is 0 Å². The predicted octanol–water partition coefficient (Wildman–Crippen LogP) is 5.53. The minimum Gasteiger partial charge on any atom is -1.00 e. The average molecular weight is 696 g/mol. The smallest absolute Gasteiger partial charge is 1.00 e. The number of rotatable bonds is 6. The first kappa shape index (κ1) is 33.8. The molecule has 0 saturated heterocycles. The van der Waals surface area contributed by atoms with E-state index < -0.39 is 17.4 Å². The van der Waals surface area contributed by atoms with E-state index in [1.807, 2.05) is 0 Å². The number of hydrogen-bond donors (Lipinski definition) is 0. The van der Waals surface area contributed by atoms with Gasteiger partial charge in [0, 0.05) is 0 Å². The summed E-state index contributed by atoms with van der Waals surface area (Å²) in [6.45, 7) is 4.78. The molecule has 0 N–H and O–H groups in total. The minimum atomic E-state index is -2.31. The van der Waals surface area contributed by atoms with Gasteiger partial charge in [-0.2, -0.15) is 0 Å². The molecule has 0 bridgehead atoms. The number of halogens is 2. The van der Waals surface area contributed by atoms with Gasteiger partial charge in [0.25, 0.3) is 0 Å². The second kappa shape index (κ2) is 14.6. The molecule has 0 nitrogen and oxygen atoms in total. The van der Waals surface area contributed by atoms with E-state index in [1.165, 1.54) is 66.8 Å². The number of benzene rings is 6. The molecule has 48 heavy (non-hydrogen) atoms. The molecule has 0 heterocycles. The maximum absolute atomic E-state index is 2.49. The Balaban J connectivity index is 0.00000201. The van der Waals surface area contributed by atoms with Gasteiger partial charge in [0.1, 0.15) is 0 Å². The van der Waals surface area contributed by atoms with Crippen molar-refractivity contribution in [3.63, 3.8) is 0 Å². The van der Waals surface area contributed by atoms with Crippen molar-refractivity contribution >= 4 is 16.0 Å². The Hall–Kier alpha value is -4.04. The van der Waals surface area contributed by atoms with Gasteiger partial charge in [-0.15, -0.1) is 0 Å². The third-order valence-corrected chi connectivity index (χ3v) is 15.9. The normalized spacial score (nSPS) is 15.4. The van der Waals surface area contributed by atoms with Crippen LogP contribution in [-0.4, -0.2) is 3.81 Å². The Kier molecular flexibility index (Phi) is 10.3. The molecular formula is C45H36Cl2Ti. The second-order valence-electron chi connectivity index (χ2n) is 12.6. The monoisotopic (exact) mass is 694 g/mol. The van der Waals surface area contributed by atoms with Gasteiger partial charge in [-0.05, 0) is 0 Å². The summed E-state index contributed by atoms with van der Waals surface area (Å²) in [6.07, 6.45) is 4.97. The van der Waals surface area contributed by atoms with Gasteiger partial charge in [0.2, 0.25) is 0 Å². The molecule has 0 amide bonds. The zero-order chi connectivity index (χ0) is 31.0. The average Bonchev–Trinajstić information content (AvgIpc) is 3.62. The van der Waals surface area contributed by atoms with E-state index in [2.05, 4.69) is 184 Å². The Morgan fingerprint density at radius 1 is 0.417 bits per heavy atom. The molecule has 0 radical (unpaired) electrons. The maximum Gasteiger partial charge on any atom is -1.00 e. The molecule has 0 aliphatic heterocycles. The Labute approximate surface area is 303 Å². The van der Waals surface area contributed by atoms with E-state index in [4.69, 9.17) is 0 Å². The molecule has 8 rings (SSSR count). The molecule has 0 spiro atoms. The molecule has 2 aliphatic carbocycles. The molecule has 0 aromatic heterocycles. The summed E-state index contributed by atoms with van der Waals surface area (Å²) in [5, 5.41) is 0. The second-order valence-corrected chi connectivity index (χ2v) is 16.6. The summed E-state index contributed by atoms with van der Waals surface area (Å²) >= 11 is -2.31. The minimum absolute atomic E-state index is 0. The van der Waals surface area contributed by atoms with Gasteiger partial charge in [0.05, 0.1) is 0 Å². The van der Waals surface area contributed by atoms with Crippen LogP contribution in [0.1, 0.15) is 55.7 Å². The molecule has 234 valence electrons. The van der Waals surface area contributed by atoms with Gasteiger partial charge in [-0.3, -0.25) is 0 Å². The molecule has 2 aliphatic rings. The van der Waals surface area contributed by atoms with Gasteiger partial charge in [-0.1, -0.05) is 0 Å². The van der Waals surface area contributed by atoms with Crippen LogP contribution in [0.15, 0.2) is 169 Å². The van der Waals surface area contributed by atoms with Crippen molar-refractivity contribution in [2.75, 3.05) is 0 Å². The first-order valence-corrected chi connectivity index (χ1v) is 18.8. The number of fused-ring (bicyclic) bond motifs is 2. The summed E-state index contributed by atoms with van der Waals surface area (Å²) in [6, 6.07) is 58.5. The molecule has 2 atom stereocenters.